The predicted octanol–water partition coefficient (Wildman–Crippen LogP) is 4.18. The van der Waals surface area contributed by atoms with Crippen molar-refractivity contribution in [2.75, 3.05) is 6.61 Å². The molecule has 1 amide bonds. The Morgan fingerprint density at radius 3 is 2.21 bits per heavy atom. The Kier molecular flexibility index (Phi) is 8.33. The van der Waals surface area contributed by atoms with Gasteiger partial charge in [-0.3, -0.25) is 4.79 Å². The molecule has 0 aliphatic carbocycles. The normalized spacial score (nSPS) is 13.1. The van der Waals surface area contributed by atoms with Crippen LogP contribution in [0.2, 0.25) is 0 Å². The summed E-state index contributed by atoms with van der Waals surface area (Å²) in [4.78, 5) is 12.2. The first-order valence-corrected chi connectivity index (χ1v) is 9.82. The Bertz CT molecular complexity index is 725. The van der Waals surface area contributed by atoms with Crippen LogP contribution in [-0.2, 0) is 4.79 Å². The first-order chi connectivity index (χ1) is 13.4. The molecular weight excluding hydrogens is 354 g/mol. The van der Waals surface area contributed by atoms with Gasteiger partial charge in [-0.15, -0.1) is 0 Å². The SMILES string of the molecule is CC[C@@H](NC(=O)CCOc1ccc(C)cc1)[C@H](O)c1ccc(OC(C)C)cc1. The van der Waals surface area contributed by atoms with Crippen LogP contribution < -0.4 is 14.8 Å². The summed E-state index contributed by atoms with van der Waals surface area (Å²) in [5.74, 6) is 1.36. The van der Waals surface area contributed by atoms with E-state index in [0.717, 1.165) is 22.6 Å². The molecule has 2 N–H and O–H groups in total. The lowest BCUT2D eigenvalue weighted by atomic mass is 10.00. The third kappa shape index (κ3) is 6.89. The largest absolute Gasteiger partial charge is 0.493 e. The van der Waals surface area contributed by atoms with Crippen molar-refractivity contribution < 1.29 is 19.4 Å². The number of aryl methyl sites for hydroxylation is 1. The fourth-order valence-corrected chi connectivity index (χ4v) is 2.83. The van der Waals surface area contributed by atoms with Gasteiger partial charge in [0.2, 0.25) is 5.91 Å². The highest BCUT2D eigenvalue weighted by Gasteiger charge is 2.21. The number of rotatable bonds is 10. The van der Waals surface area contributed by atoms with Gasteiger partial charge < -0.3 is 19.9 Å². The van der Waals surface area contributed by atoms with Gasteiger partial charge in [0.15, 0.2) is 0 Å². The molecule has 0 bridgehead atoms. The lowest BCUT2D eigenvalue weighted by Gasteiger charge is -2.23. The molecule has 2 rings (SSSR count). The molecule has 0 saturated carbocycles. The van der Waals surface area contributed by atoms with E-state index < -0.39 is 6.10 Å². The maximum Gasteiger partial charge on any atom is 0.223 e. The number of amides is 1. The van der Waals surface area contributed by atoms with E-state index in [2.05, 4.69) is 5.32 Å². The second-order valence-corrected chi connectivity index (χ2v) is 7.17. The topological polar surface area (TPSA) is 67.8 Å². The molecule has 0 saturated heterocycles. The smallest absolute Gasteiger partial charge is 0.223 e. The van der Waals surface area contributed by atoms with Crippen LogP contribution in [0.1, 0.15) is 50.8 Å². The van der Waals surface area contributed by atoms with E-state index in [9.17, 15) is 9.90 Å². The molecule has 0 aliphatic rings. The lowest BCUT2D eigenvalue weighted by molar-refractivity contribution is -0.123. The second-order valence-electron chi connectivity index (χ2n) is 7.17. The van der Waals surface area contributed by atoms with E-state index in [-0.39, 0.29) is 24.5 Å². The van der Waals surface area contributed by atoms with Gasteiger partial charge in [0.05, 0.1) is 31.3 Å². The number of benzene rings is 2. The summed E-state index contributed by atoms with van der Waals surface area (Å²) in [5.41, 5.74) is 1.91. The molecule has 5 nitrogen and oxygen atoms in total. The highest BCUT2D eigenvalue weighted by atomic mass is 16.5. The molecule has 0 unspecified atom stereocenters. The average molecular weight is 386 g/mol. The predicted molar refractivity (Wildman–Crippen MR) is 111 cm³/mol. The minimum atomic E-state index is -0.778. The number of hydrogen-bond acceptors (Lipinski definition) is 4. The van der Waals surface area contributed by atoms with Crippen molar-refractivity contribution in [2.24, 2.45) is 0 Å². The minimum absolute atomic E-state index is 0.0978. The summed E-state index contributed by atoms with van der Waals surface area (Å²) in [6, 6.07) is 14.7. The fourth-order valence-electron chi connectivity index (χ4n) is 2.83. The van der Waals surface area contributed by atoms with E-state index in [0.29, 0.717) is 13.0 Å². The standard InChI is InChI=1S/C23H31NO4/c1-5-21(23(26)18-8-12-20(13-9-18)28-16(2)3)24-22(25)14-15-27-19-10-6-17(4)7-11-19/h6-13,16,21,23,26H,5,14-15H2,1-4H3,(H,24,25)/t21-,23-/m1/s1. The summed E-state index contributed by atoms with van der Waals surface area (Å²) >= 11 is 0. The van der Waals surface area contributed by atoms with Gasteiger partial charge in [-0.2, -0.15) is 0 Å². The van der Waals surface area contributed by atoms with Gasteiger partial charge >= 0.3 is 0 Å². The van der Waals surface area contributed by atoms with Crippen molar-refractivity contribution in [3.8, 4) is 11.5 Å². The summed E-state index contributed by atoms with van der Waals surface area (Å²) in [5, 5.41) is 13.6. The number of nitrogens with one attached hydrogen (secondary N) is 1. The zero-order valence-electron chi connectivity index (χ0n) is 17.1. The van der Waals surface area contributed by atoms with Gasteiger partial charge in [0, 0.05) is 0 Å². The molecule has 152 valence electrons. The molecule has 0 fully saturated rings. The average Bonchev–Trinajstić information content (AvgIpc) is 2.67. The zero-order valence-corrected chi connectivity index (χ0v) is 17.1. The van der Waals surface area contributed by atoms with Gasteiger partial charge in [0.25, 0.3) is 0 Å². The van der Waals surface area contributed by atoms with Gasteiger partial charge in [-0.05, 0) is 57.0 Å². The van der Waals surface area contributed by atoms with Crippen LogP contribution in [0.5, 0.6) is 11.5 Å². The molecule has 2 atom stereocenters. The van der Waals surface area contributed by atoms with E-state index in [1.807, 2.05) is 76.2 Å². The Balaban J connectivity index is 1.84. The Morgan fingerprint density at radius 2 is 1.64 bits per heavy atom. The molecule has 0 aromatic heterocycles. The van der Waals surface area contributed by atoms with Crippen molar-refractivity contribution >= 4 is 5.91 Å². The number of carbonyl (C=O) groups is 1. The van der Waals surface area contributed by atoms with Crippen molar-refractivity contribution in [2.45, 2.75) is 58.8 Å². The van der Waals surface area contributed by atoms with Crippen LogP contribution >= 0.6 is 0 Å². The van der Waals surface area contributed by atoms with E-state index in [1.165, 1.54) is 0 Å². The monoisotopic (exact) mass is 385 g/mol. The molecule has 0 aliphatic heterocycles. The minimum Gasteiger partial charge on any atom is -0.493 e. The Labute approximate surface area is 167 Å². The van der Waals surface area contributed by atoms with Gasteiger partial charge in [0.1, 0.15) is 11.5 Å². The molecule has 28 heavy (non-hydrogen) atoms. The van der Waals surface area contributed by atoms with Gasteiger partial charge in [-0.1, -0.05) is 36.8 Å². The summed E-state index contributed by atoms with van der Waals surface area (Å²) in [6.07, 6.45) is 0.175. The van der Waals surface area contributed by atoms with E-state index >= 15 is 0 Å². The van der Waals surface area contributed by atoms with Crippen LogP contribution in [-0.4, -0.2) is 29.8 Å². The number of aliphatic hydroxyl groups is 1. The lowest BCUT2D eigenvalue weighted by Crippen LogP contribution is -2.39. The third-order valence-corrected chi connectivity index (χ3v) is 4.38. The van der Waals surface area contributed by atoms with Crippen LogP contribution in [0.15, 0.2) is 48.5 Å². The second kappa shape index (κ2) is 10.7. The molecule has 5 heteroatoms. The van der Waals surface area contributed by atoms with Gasteiger partial charge in [-0.25, -0.2) is 0 Å². The quantitative estimate of drug-likeness (QED) is 0.644. The van der Waals surface area contributed by atoms with Crippen molar-refractivity contribution in [3.63, 3.8) is 0 Å². The highest BCUT2D eigenvalue weighted by molar-refractivity contribution is 5.76. The molecule has 0 heterocycles. The number of hydrogen-bond donors (Lipinski definition) is 2. The highest BCUT2D eigenvalue weighted by Crippen LogP contribution is 2.22. The summed E-state index contributed by atoms with van der Waals surface area (Å²) in [6.45, 7) is 8.18. The molecule has 0 spiro atoms. The summed E-state index contributed by atoms with van der Waals surface area (Å²) in [7, 11) is 0. The number of ether oxygens (including phenoxy) is 2. The first-order valence-electron chi connectivity index (χ1n) is 9.82. The van der Waals surface area contributed by atoms with E-state index in [4.69, 9.17) is 9.47 Å². The van der Waals surface area contributed by atoms with E-state index in [1.54, 1.807) is 0 Å². The maximum absolute atomic E-state index is 12.2. The first kappa shape index (κ1) is 21.8. The number of aliphatic hydroxyl groups excluding tert-OH is 1. The zero-order chi connectivity index (χ0) is 20.5. The van der Waals surface area contributed by atoms with Crippen LogP contribution in [0.25, 0.3) is 0 Å². The fraction of sp³-hybridized carbons (Fsp3) is 0.435. The molecule has 0 radical (unpaired) electrons. The Morgan fingerprint density at radius 1 is 1.04 bits per heavy atom. The maximum atomic E-state index is 12.2. The third-order valence-electron chi connectivity index (χ3n) is 4.38. The molecule has 2 aromatic carbocycles. The van der Waals surface area contributed by atoms with Crippen molar-refractivity contribution in [1.29, 1.82) is 0 Å². The summed E-state index contributed by atoms with van der Waals surface area (Å²) < 4.78 is 11.2. The molecule has 2 aromatic rings. The van der Waals surface area contributed by atoms with Crippen molar-refractivity contribution in [3.05, 3.63) is 59.7 Å². The van der Waals surface area contributed by atoms with Crippen molar-refractivity contribution in [1.82, 2.24) is 5.32 Å². The molecular formula is C23H31NO4. The number of carbonyl (C=O) groups excluding carboxylic acids is 1. The Hall–Kier alpha value is -2.53. The van der Waals surface area contributed by atoms with Crippen LogP contribution in [0, 0.1) is 6.92 Å². The van der Waals surface area contributed by atoms with Crippen LogP contribution in [0.4, 0.5) is 0 Å². The van der Waals surface area contributed by atoms with Crippen LogP contribution in [0.3, 0.4) is 0 Å².